The van der Waals surface area contributed by atoms with Gasteiger partial charge >= 0.3 is 12.0 Å². The maximum absolute atomic E-state index is 13.4. The Morgan fingerprint density at radius 2 is 1.91 bits per heavy atom. The van der Waals surface area contributed by atoms with Gasteiger partial charge in [0.15, 0.2) is 11.9 Å². The highest BCUT2D eigenvalue weighted by atomic mass is 79.9. The first-order valence-corrected chi connectivity index (χ1v) is 11.4. The molecular formula is C23H29BrN4O5. The van der Waals surface area contributed by atoms with Crippen molar-refractivity contribution < 1.29 is 45.3 Å². The molecule has 0 spiro atoms. The largest absolute Gasteiger partial charge is 1.00 e. The lowest BCUT2D eigenvalue weighted by Crippen LogP contribution is -3.00. The van der Waals surface area contributed by atoms with Gasteiger partial charge in [0.1, 0.15) is 12.3 Å². The van der Waals surface area contributed by atoms with Gasteiger partial charge in [0.25, 0.3) is 0 Å². The van der Waals surface area contributed by atoms with Crippen molar-refractivity contribution in [2.45, 2.75) is 50.2 Å². The van der Waals surface area contributed by atoms with Crippen LogP contribution in [0.2, 0.25) is 0 Å². The number of carbonyl (C=O) groups is 2. The predicted molar refractivity (Wildman–Crippen MR) is 113 cm³/mol. The zero-order chi connectivity index (χ0) is 22.2. The van der Waals surface area contributed by atoms with E-state index in [1.807, 2.05) is 0 Å². The molecule has 1 unspecified atom stereocenters. The molecule has 2 atom stereocenters. The van der Waals surface area contributed by atoms with E-state index in [4.69, 9.17) is 9.15 Å². The minimum Gasteiger partial charge on any atom is -1.00 e. The molecule has 2 N–H and O–H groups in total. The number of hydrogen-bond acceptors (Lipinski definition) is 7. The molecule has 6 rings (SSSR count). The quantitative estimate of drug-likeness (QED) is 0.415. The summed E-state index contributed by atoms with van der Waals surface area (Å²) < 4.78 is 11.6. The van der Waals surface area contributed by atoms with Crippen LogP contribution in [0.25, 0.3) is 0 Å². The Bertz CT molecular complexity index is 958. The Balaban J connectivity index is 0.00000259. The van der Waals surface area contributed by atoms with E-state index in [2.05, 4.69) is 15.5 Å². The number of esters is 1. The number of aliphatic hydroxyl groups is 1. The Labute approximate surface area is 202 Å². The molecule has 1 saturated carbocycles. The third-order valence-electron chi connectivity index (χ3n) is 7.56. The number of rotatable bonds is 5. The molecule has 2 aromatic heterocycles. The smallest absolute Gasteiger partial charge is 0.422 e. The molecule has 4 fully saturated rings. The lowest BCUT2D eigenvalue weighted by molar-refractivity contribution is -0.869. The minimum absolute atomic E-state index is 0. The highest BCUT2D eigenvalue weighted by molar-refractivity contribution is 5.83. The first-order chi connectivity index (χ1) is 15.5. The minimum atomic E-state index is -1.79. The average molecular weight is 521 g/mol. The summed E-state index contributed by atoms with van der Waals surface area (Å²) in [5, 5.41) is 22.1. The molecule has 5 heterocycles. The molecule has 33 heavy (non-hydrogen) atoms. The highest BCUT2D eigenvalue weighted by Crippen LogP contribution is 2.43. The molecule has 3 aliphatic heterocycles. The van der Waals surface area contributed by atoms with Crippen molar-refractivity contribution in [3.8, 4) is 0 Å². The number of amides is 2. The number of fused-ring (bicyclic) bond motifs is 3. The van der Waals surface area contributed by atoms with Crippen LogP contribution in [0.15, 0.2) is 41.1 Å². The van der Waals surface area contributed by atoms with E-state index >= 15 is 0 Å². The number of anilines is 1. The van der Waals surface area contributed by atoms with Gasteiger partial charge in [-0.2, -0.15) is 5.10 Å². The van der Waals surface area contributed by atoms with Crippen molar-refractivity contribution in [2.75, 3.05) is 25.0 Å². The van der Waals surface area contributed by atoms with Gasteiger partial charge in [-0.3, -0.25) is 5.32 Å². The number of piperidine rings is 3. The summed E-state index contributed by atoms with van der Waals surface area (Å²) >= 11 is 0. The number of halogens is 1. The van der Waals surface area contributed by atoms with Gasteiger partial charge in [0.2, 0.25) is 5.60 Å². The van der Waals surface area contributed by atoms with Crippen LogP contribution in [0.5, 0.6) is 0 Å². The molecule has 4 aliphatic rings. The van der Waals surface area contributed by atoms with E-state index in [1.165, 1.54) is 6.26 Å². The van der Waals surface area contributed by atoms with Crippen LogP contribution in [0.4, 0.5) is 10.6 Å². The van der Waals surface area contributed by atoms with Crippen molar-refractivity contribution in [3.63, 3.8) is 0 Å². The lowest BCUT2D eigenvalue weighted by atomic mass is 9.82. The first kappa shape index (κ1) is 23.8. The van der Waals surface area contributed by atoms with Crippen molar-refractivity contribution in [2.24, 2.45) is 11.8 Å². The number of ether oxygens (including phenoxy) is 1. The number of urea groups is 1. The Kier molecular flexibility index (Phi) is 6.88. The van der Waals surface area contributed by atoms with Gasteiger partial charge in [0, 0.05) is 30.9 Å². The molecule has 2 bridgehead atoms. The second-order valence-corrected chi connectivity index (χ2v) is 9.32. The highest BCUT2D eigenvalue weighted by Gasteiger charge is 2.56. The molecule has 3 saturated heterocycles. The first-order valence-electron chi connectivity index (χ1n) is 11.4. The Hall–Kier alpha value is -2.30. The molecule has 2 amide bonds. The number of aromatic nitrogens is 2. The van der Waals surface area contributed by atoms with E-state index < -0.39 is 17.7 Å². The number of carbonyl (C=O) groups excluding carboxylic acids is 2. The van der Waals surface area contributed by atoms with Crippen LogP contribution in [0.1, 0.15) is 44.3 Å². The van der Waals surface area contributed by atoms with Crippen LogP contribution in [-0.2, 0) is 15.1 Å². The molecule has 178 valence electrons. The maximum atomic E-state index is 13.4. The van der Waals surface area contributed by atoms with E-state index in [1.54, 1.807) is 30.5 Å². The fourth-order valence-electron chi connectivity index (χ4n) is 5.68. The molecule has 0 radical (unpaired) electrons. The van der Waals surface area contributed by atoms with Gasteiger partial charge in [-0.15, -0.1) is 5.10 Å². The van der Waals surface area contributed by atoms with Crippen LogP contribution < -0.4 is 22.3 Å². The third kappa shape index (κ3) is 4.31. The van der Waals surface area contributed by atoms with E-state index in [-0.39, 0.29) is 45.1 Å². The summed E-state index contributed by atoms with van der Waals surface area (Å²) in [4.78, 5) is 26.6. The summed E-state index contributed by atoms with van der Waals surface area (Å²) in [5.41, 5.74) is -1.79. The maximum Gasteiger partial charge on any atom is 0.422 e. The van der Waals surface area contributed by atoms with Crippen LogP contribution in [-0.4, -0.2) is 57.5 Å². The van der Waals surface area contributed by atoms with E-state index in [0.29, 0.717) is 25.5 Å². The monoisotopic (exact) mass is 520 g/mol. The van der Waals surface area contributed by atoms with Crippen molar-refractivity contribution in [1.29, 1.82) is 0 Å². The van der Waals surface area contributed by atoms with Crippen LogP contribution >= 0.6 is 0 Å². The number of furan rings is 1. The van der Waals surface area contributed by atoms with Crippen LogP contribution in [0, 0.1) is 11.8 Å². The molecule has 0 aromatic carbocycles. The number of nitrogens with zero attached hydrogens (tertiary/aromatic N) is 3. The fraction of sp³-hybridized carbons (Fsp3) is 0.565. The second-order valence-electron chi connectivity index (χ2n) is 9.32. The van der Waals surface area contributed by atoms with Gasteiger partial charge in [0.05, 0.1) is 19.4 Å². The van der Waals surface area contributed by atoms with Crippen LogP contribution in [0.3, 0.4) is 0 Å². The molecule has 2 aromatic rings. The van der Waals surface area contributed by atoms with Crippen molar-refractivity contribution >= 4 is 17.8 Å². The Morgan fingerprint density at radius 1 is 1.15 bits per heavy atom. The SMILES string of the molecule is O=C(OC1C[N+]2(C(=O)Nc3cccnn3)CCC1CC2)[C@](O)(c1ccco1)C1CCCC1.[Br-]. The number of hydrogen-bond donors (Lipinski definition) is 2. The van der Waals surface area contributed by atoms with E-state index in [0.717, 1.165) is 38.5 Å². The summed E-state index contributed by atoms with van der Waals surface area (Å²) in [5.74, 6) is -0.0664. The second kappa shape index (κ2) is 9.52. The zero-order valence-corrected chi connectivity index (χ0v) is 19.9. The zero-order valence-electron chi connectivity index (χ0n) is 18.4. The fourth-order valence-corrected chi connectivity index (χ4v) is 5.68. The topological polar surface area (TPSA) is 115 Å². The Morgan fingerprint density at radius 3 is 2.55 bits per heavy atom. The molecule has 1 aliphatic carbocycles. The van der Waals surface area contributed by atoms with Crippen molar-refractivity contribution in [1.82, 2.24) is 10.2 Å². The standard InChI is InChI=1S/C23H28N4O5.BrH/c28-21(23(30,17-5-1-2-6-17)19-7-4-14-31-19)32-18-15-27(12-9-16(18)10-13-27)22(29)25-20-8-3-11-24-26-20;/h3-4,7-8,11,14,16-18,30H,1-2,5-6,9-10,12-13,15H2;1H/t16?,18?,23-,27?;/m1./s1. The number of quaternary nitrogens is 1. The summed E-state index contributed by atoms with van der Waals surface area (Å²) in [6.45, 7) is 1.77. The van der Waals surface area contributed by atoms with Gasteiger partial charge < -0.3 is 31.2 Å². The van der Waals surface area contributed by atoms with Gasteiger partial charge in [-0.25, -0.2) is 14.1 Å². The lowest BCUT2D eigenvalue weighted by Gasteiger charge is -2.49. The molecule has 9 nitrogen and oxygen atoms in total. The third-order valence-corrected chi connectivity index (χ3v) is 7.56. The van der Waals surface area contributed by atoms with Crippen molar-refractivity contribution in [3.05, 3.63) is 42.5 Å². The van der Waals surface area contributed by atoms with Gasteiger partial charge in [-0.05, 0) is 37.1 Å². The number of nitrogens with one attached hydrogen (secondary N) is 1. The normalized spacial score (nSPS) is 28.5. The summed E-state index contributed by atoms with van der Waals surface area (Å²) in [6.07, 6.45) is 7.60. The molecule has 10 heteroatoms. The van der Waals surface area contributed by atoms with Gasteiger partial charge in [-0.1, -0.05) is 12.8 Å². The molecular weight excluding hydrogens is 492 g/mol. The summed E-state index contributed by atoms with van der Waals surface area (Å²) in [6, 6.07) is 6.56. The average Bonchev–Trinajstić information content (AvgIpc) is 3.55. The summed E-state index contributed by atoms with van der Waals surface area (Å²) in [7, 11) is 0. The van der Waals surface area contributed by atoms with E-state index in [9.17, 15) is 14.7 Å². The predicted octanol–water partition coefficient (Wildman–Crippen LogP) is -0.164.